The van der Waals surface area contributed by atoms with Gasteiger partial charge in [0.15, 0.2) is 18.7 Å². The smallest absolute Gasteiger partial charge is 0.407 e. The van der Waals surface area contributed by atoms with E-state index in [9.17, 15) is 9.59 Å². The van der Waals surface area contributed by atoms with Crippen LogP contribution in [0.15, 0.2) is 35.8 Å². The molecule has 3 aromatic rings. The molecule has 202 valence electrons. The van der Waals surface area contributed by atoms with Gasteiger partial charge in [-0.05, 0) is 39.2 Å². The lowest BCUT2D eigenvalue weighted by Gasteiger charge is -2.18. The number of ether oxygens (including phenoxy) is 4. The number of carbonyl (C=O) groups is 2. The van der Waals surface area contributed by atoms with Crippen LogP contribution in [0.25, 0.3) is 10.6 Å². The van der Waals surface area contributed by atoms with Gasteiger partial charge in [0.1, 0.15) is 16.9 Å². The number of alkyl carbamates (subject to hydrolysis) is 1. The van der Waals surface area contributed by atoms with Crippen LogP contribution in [0.5, 0.6) is 5.75 Å². The van der Waals surface area contributed by atoms with Gasteiger partial charge in [0, 0.05) is 40.9 Å². The van der Waals surface area contributed by atoms with Gasteiger partial charge >= 0.3 is 6.09 Å². The Bertz CT molecular complexity index is 1240. The number of amides is 2. The SMILES string of the molecule is CC(C)NC(=O)O[C@@H]1CC[C@H](c2cc(NC(=O)COc3cccc(-c4nccs4)c3C3OCCO3)n[nH]2)C1. The summed E-state index contributed by atoms with van der Waals surface area (Å²) in [5.41, 5.74) is 2.46. The molecule has 38 heavy (non-hydrogen) atoms. The lowest BCUT2D eigenvalue weighted by atomic mass is 10.0. The molecule has 1 saturated heterocycles. The minimum absolute atomic E-state index is 0.0281. The first-order valence-corrected chi connectivity index (χ1v) is 13.6. The van der Waals surface area contributed by atoms with Gasteiger partial charge in [-0.15, -0.1) is 11.3 Å². The molecule has 2 aliphatic rings. The highest BCUT2D eigenvalue weighted by atomic mass is 32.1. The van der Waals surface area contributed by atoms with Crippen molar-refractivity contribution in [2.45, 2.75) is 57.5 Å². The summed E-state index contributed by atoms with van der Waals surface area (Å²) in [7, 11) is 0. The average molecular weight is 542 g/mol. The average Bonchev–Trinajstić information content (AvgIpc) is 3.70. The molecule has 1 aromatic carbocycles. The second-order valence-corrected chi connectivity index (χ2v) is 10.4. The van der Waals surface area contributed by atoms with Crippen molar-refractivity contribution >= 4 is 29.2 Å². The van der Waals surface area contributed by atoms with Crippen LogP contribution < -0.4 is 15.4 Å². The molecular weight excluding hydrogens is 510 g/mol. The van der Waals surface area contributed by atoms with Crippen LogP contribution in [0.3, 0.4) is 0 Å². The van der Waals surface area contributed by atoms with Crippen molar-refractivity contribution in [2.75, 3.05) is 25.1 Å². The molecule has 1 aliphatic heterocycles. The van der Waals surface area contributed by atoms with Gasteiger partial charge in [0.2, 0.25) is 0 Å². The Morgan fingerprint density at radius 1 is 1.24 bits per heavy atom. The molecule has 3 heterocycles. The van der Waals surface area contributed by atoms with Crippen LogP contribution in [0.1, 0.15) is 56.6 Å². The highest BCUT2D eigenvalue weighted by molar-refractivity contribution is 7.13. The van der Waals surface area contributed by atoms with Gasteiger partial charge in [-0.25, -0.2) is 9.78 Å². The lowest BCUT2D eigenvalue weighted by Crippen LogP contribution is -2.33. The Labute approximate surface area is 224 Å². The van der Waals surface area contributed by atoms with E-state index in [1.54, 1.807) is 12.3 Å². The Balaban J connectivity index is 1.18. The van der Waals surface area contributed by atoms with Crippen molar-refractivity contribution in [3.8, 4) is 16.3 Å². The molecule has 2 aromatic heterocycles. The second kappa shape index (κ2) is 11.9. The molecule has 1 aliphatic carbocycles. The molecular formula is C26H31N5O6S. The molecule has 0 bridgehead atoms. The lowest BCUT2D eigenvalue weighted by molar-refractivity contribution is -0.118. The van der Waals surface area contributed by atoms with Gasteiger partial charge in [0.25, 0.3) is 5.91 Å². The van der Waals surface area contributed by atoms with Crippen LogP contribution in [0, 0.1) is 0 Å². The van der Waals surface area contributed by atoms with Crippen LogP contribution >= 0.6 is 11.3 Å². The summed E-state index contributed by atoms with van der Waals surface area (Å²) in [5.74, 6) is 0.736. The number of rotatable bonds is 9. The standard InChI is InChI=1S/C26H31N5O6S/c1-15(2)28-26(33)37-17-7-6-16(12-17)19-13-21(31-30-19)29-22(32)14-36-20-5-3-4-18(24-27-8-11-38-24)23(20)25-34-9-10-35-25/h3-5,8,11,13,15-17,25H,6-7,9-10,12,14H2,1-2H3,(H,28,33)(H2,29,30,31,32)/t16-,17+/m0/s1. The summed E-state index contributed by atoms with van der Waals surface area (Å²) in [6.07, 6.45) is 2.96. The fourth-order valence-electron chi connectivity index (χ4n) is 4.66. The van der Waals surface area contributed by atoms with Crippen molar-refractivity contribution in [3.63, 3.8) is 0 Å². The number of aromatic nitrogens is 3. The van der Waals surface area contributed by atoms with E-state index < -0.39 is 12.4 Å². The van der Waals surface area contributed by atoms with E-state index in [-0.39, 0.29) is 30.6 Å². The molecule has 1 saturated carbocycles. The number of anilines is 1. The van der Waals surface area contributed by atoms with Crippen LogP contribution in [-0.2, 0) is 19.0 Å². The van der Waals surface area contributed by atoms with Gasteiger partial charge in [-0.3, -0.25) is 9.89 Å². The number of carbonyl (C=O) groups excluding carboxylic acids is 2. The largest absolute Gasteiger partial charge is 0.483 e. The van der Waals surface area contributed by atoms with Gasteiger partial charge < -0.3 is 29.6 Å². The zero-order chi connectivity index (χ0) is 26.5. The van der Waals surface area contributed by atoms with Crippen molar-refractivity contribution in [2.24, 2.45) is 0 Å². The number of aromatic amines is 1. The number of benzene rings is 1. The van der Waals surface area contributed by atoms with Gasteiger partial charge in [0.05, 0.1) is 18.8 Å². The number of H-pyrrole nitrogens is 1. The highest BCUT2D eigenvalue weighted by Crippen LogP contribution is 2.40. The second-order valence-electron chi connectivity index (χ2n) is 9.51. The summed E-state index contributed by atoms with van der Waals surface area (Å²) in [6.45, 7) is 4.53. The number of hydrogen-bond donors (Lipinski definition) is 3. The predicted octanol–water partition coefficient (Wildman–Crippen LogP) is 4.37. The first kappa shape index (κ1) is 26.1. The van der Waals surface area contributed by atoms with E-state index in [0.717, 1.165) is 34.7 Å². The molecule has 3 N–H and O–H groups in total. The first-order chi connectivity index (χ1) is 18.5. The molecule has 0 spiro atoms. The zero-order valence-electron chi connectivity index (χ0n) is 21.3. The third-order valence-electron chi connectivity index (χ3n) is 6.31. The number of nitrogens with zero attached hydrogens (tertiary/aromatic N) is 2. The molecule has 0 radical (unpaired) electrons. The molecule has 2 amide bonds. The van der Waals surface area contributed by atoms with E-state index in [0.29, 0.717) is 31.2 Å². The monoisotopic (exact) mass is 541 g/mol. The Morgan fingerprint density at radius 3 is 2.84 bits per heavy atom. The number of hydrogen-bond acceptors (Lipinski definition) is 9. The third-order valence-corrected chi connectivity index (χ3v) is 7.12. The maximum absolute atomic E-state index is 12.7. The van der Waals surface area contributed by atoms with Crippen molar-refractivity contribution < 1.29 is 28.5 Å². The normalized spacial score (nSPS) is 19.6. The molecule has 12 heteroatoms. The quantitative estimate of drug-likeness (QED) is 0.363. The minimum Gasteiger partial charge on any atom is -0.483 e. The minimum atomic E-state index is -0.585. The molecule has 5 rings (SSSR count). The maximum Gasteiger partial charge on any atom is 0.407 e. The maximum atomic E-state index is 12.7. The third kappa shape index (κ3) is 6.32. The van der Waals surface area contributed by atoms with Crippen LogP contribution in [0.2, 0.25) is 0 Å². The topological polar surface area (TPSA) is 137 Å². The van der Waals surface area contributed by atoms with E-state index in [2.05, 4.69) is 25.8 Å². The van der Waals surface area contributed by atoms with Gasteiger partial charge in [-0.2, -0.15) is 5.10 Å². The fourth-order valence-corrected chi connectivity index (χ4v) is 5.34. The number of nitrogens with one attached hydrogen (secondary N) is 3. The molecule has 2 fully saturated rings. The van der Waals surface area contributed by atoms with E-state index in [1.165, 1.54) is 11.3 Å². The fraction of sp³-hybridized carbons (Fsp3) is 0.462. The zero-order valence-corrected chi connectivity index (χ0v) is 22.1. The predicted molar refractivity (Wildman–Crippen MR) is 140 cm³/mol. The summed E-state index contributed by atoms with van der Waals surface area (Å²) in [6, 6.07) is 7.42. The molecule has 0 unspecified atom stereocenters. The van der Waals surface area contributed by atoms with Gasteiger partial charge in [-0.1, -0.05) is 12.1 Å². The highest BCUT2D eigenvalue weighted by Gasteiger charge is 2.30. The van der Waals surface area contributed by atoms with Crippen molar-refractivity contribution in [1.29, 1.82) is 0 Å². The van der Waals surface area contributed by atoms with E-state index in [1.807, 2.05) is 37.4 Å². The summed E-state index contributed by atoms with van der Waals surface area (Å²) in [4.78, 5) is 29.0. The van der Waals surface area contributed by atoms with Crippen LogP contribution in [-0.4, -0.2) is 59.1 Å². The Morgan fingerprint density at radius 2 is 2.08 bits per heavy atom. The van der Waals surface area contributed by atoms with E-state index >= 15 is 0 Å². The number of thiazole rings is 1. The molecule has 11 nitrogen and oxygen atoms in total. The summed E-state index contributed by atoms with van der Waals surface area (Å²) >= 11 is 1.51. The summed E-state index contributed by atoms with van der Waals surface area (Å²) < 4.78 is 22.9. The Kier molecular flexibility index (Phi) is 8.20. The first-order valence-electron chi connectivity index (χ1n) is 12.7. The van der Waals surface area contributed by atoms with Crippen molar-refractivity contribution in [1.82, 2.24) is 20.5 Å². The van der Waals surface area contributed by atoms with E-state index in [4.69, 9.17) is 18.9 Å². The summed E-state index contributed by atoms with van der Waals surface area (Å²) in [5, 5.41) is 15.5. The molecule has 2 atom stereocenters. The van der Waals surface area contributed by atoms with Crippen molar-refractivity contribution in [3.05, 3.63) is 47.1 Å². The van der Waals surface area contributed by atoms with Crippen LogP contribution in [0.4, 0.5) is 10.6 Å². The Hall–Kier alpha value is -3.48.